The molecule has 2 aliphatic rings. The van der Waals surface area contributed by atoms with Crippen molar-refractivity contribution < 1.29 is 13.9 Å². The van der Waals surface area contributed by atoms with Gasteiger partial charge in [-0.05, 0) is 94.6 Å². The van der Waals surface area contributed by atoms with E-state index >= 15 is 0 Å². The second kappa shape index (κ2) is 10.1. The van der Waals surface area contributed by atoms with E-state index in [1.54, 1.807) is 25.2 Å². The Labute approximate surface area is 197 Å². The first kappa shape index (κ1) is 23.6. The smallest absolute Gasteiger partial charge is 0.258 e. The standard InChI is InChI=1S/C27H36FN3O2/c1-19-5-10-23(11-6-19)33-24-12-7-20(8-13-24)27(32)30(4)21-9-14-26(25(28)17-21)31-16-15-22(18-31)29(2)3/h7-9,12-14,17,19,22-23H,5-6,10-11,15-16,18H2,1-4H3. The summed E-state index contributed by atoms with van der Waals surface area (Å²) in [5.74, 6) is 1.11. The summed E-state index contributed by atoms with van der Waals surface area (Å²) in [4.78, 5) is 18.8. The lowest BCUT2D eigenvalue weighted by molar-refractivity contribution is 0.0993. The third kappa shape index (κ3) is 5.49. The van der Waals surface area contributed by atoms with Crippen molar-refractivity contribution in [2.24, 2.45) is 5.92 Å². The SMILES string of the molecule is CC1CCC(Oc2ccc(C(=O)N(C)c3ccc(N4CCC(N(C)C)C4)c(F)c3)cc2)CC1. The van der Waals surface area contributed by atoms with Crippen molar-refractivity contribution in [3.8, 4) is 5.75 Å². The summed E-state index contributed by atoms with van der Waals surface area (Å²) < 4.78 is 21.0. The molecule has 5 nitrogen and oxygen atoms in total. The van der Waals surface area contributed by atoms with Gasteiger partial charge in [0.1, 0.15) is 11.6 Å². The van der Waals surface area contributed by atoms with E-state index in [1.165, 1.54) is 23.8 Å². The number of nitrogens with zero attached hydrogens (tertiary/aromatic N) is 3. The first-order valence-electron chi connectivity index (χ1n) is 12.1. The summed E-state index contributed by atoms with van der Waals surface area (Å²) in [6.45, 7) is 3.94. The highest BCUT2D eigenvalue weighted by atomic mass is 19.1. The van der Waals surface area contributed by atoms with Crippen molar-refractivity contribution in [2.75, 3.05) is 44.0 Å². The number of anilines is 2. The predicted molar refractivity (Wildman–Crippen MR) is 132 cm³/mol. The Morgan fingerprint density at radius 1 is 1.00 bits per heavy atom. The van der Waals surface area contributed by atoms with Gasteiger partial charge in [0.2, 0.25) is 0 Å². The molecule has 178 valence electrons. The maximum atomic E-state index is 14.9. The Morgan fingerprint density at radius 3 is 2.30 bits per heavy atom. The first-order chi connectivity index (χ1) is 15.8. The van der Waals surface area contributed by atoms with Crippen molar-refractivity contribution in [3.05, 3.63) is 53.8 Å². The van der Waals surface area contributed by atoms with Crippen LogP contribution in [0.1, 0.15) is 49.4 Å². The fourth-order valence-electron chi connectivity index (χ4n) is 4.87. The second-order valence-corrected chi connectivity index (χ2v) is 9.88. The molecule has 1 unspecified atom stereocenters. The van der Waals surface area contributed by atoms with Gasteiger partial charge >= 0.3 is 0 Å². The predicted octanol–water partition coefficient (Wildman–Crippen LogP) is 5.20. The fourth-order valence-corrected chi connectivity index (χ4v) is 4.87. The van der Waals surface area contributed by atoms with E-state index in [-0.39, 0.29) is 17.8 Å². The lowest BCUT2D eigenvalue weighted by Crippen LogP contribution is -2.31. The summed E-state index contributed by atoms with van der Waals surface area (Å²) in [5.41, 5.74) is 1.70. The maximum absolute atomic E-state index is 14.9. The molecule has 6 heteroatoms. The molecule has 2 aromatic carbocycles. The number of carbonyl (C=O) groups is 1. The largest absolute Gasteiger partial charge is 0.490 e. The van der Waals surface area contributed by atoms with E-state index in [4.69, 9.17) is 4.74 Å². The number of ether oxygens (including phenoxy) is 1. The summed E-state index contributed by atoms with van der Waals surface area (Å²) in [6, 6.07) is 12.8. The van der Waals surface area contributed by atoms with Gasteiger partial charge in [0.25, 0.3) is 5.91 Å². The number of halogens is 1. The molecule has 1 aliphatic heterocycles. The minimum absolute atomic E-state index is 0.172. The number of amides is 1. The van der Waals surface area contributed by atoms with Crippen LogP contribution < -0.4 is 14.5 Å². The van der Waals surface area contributed by atoms with Crippen molar-refractivity contribution in [2.45, 2.75) is 51.2 Å². The zero-order chi connectivity index (χ0) is 23.5. The maximum Gasteiger partial charge on any atom is 0.258 e. The van der Waals surface area contributed by atoms with E-state index in [0.717, 1.165) is 44.0 Å². The molecule has 0 N–H and O–H groups in total. The van der Waals surface area contributed by atoms with Crippen LogP contribution in [-0.4, -0.2) is 57.2 Å². The second-order valence-electron chi connectivity index (χ2n) is 9.88. The van der Waals surface area contributed by atoms with E-state index in [9.17, 15) is 9.18 Å². The highest BCUT2D eigenvalue weighted by Gasteiger charge is 2.26. The van der Waals surface area contributed by atoms with Crippen molar-refractivity contribution in [1.29, 1.82) is 0 Å². The van der Waals surface area contributed by atoms with Gasteiger partial charge in [-0.1, -0.05) is 6.92 Å². The molecular formula is C27H36FN3O2. The number of hydrogen-bond acceptors (Lipinski definition) is 4. The van der Waals surface area contributed by atoms with Gasteiger partial charge in [0.05, 0.1) is 11.8 Å². The van der Waals surface area contributed by atoms with E-state index in [1.807, 2.05) is 18.2 Å². The average molecular weight is 454 g/mol. The highest BCUT2D eigenvalue weighted by Crippen LogP contribution is 2.30. The summed E-state index contributed by atoms with van der Waals surface area (Å²) >= 11 is 0. The topological polar surface area (TPSA) is 36.0 Å². The van der Waals surface area contributed by atoms with Gasteiger partial charge in [-0.25, -0.2) is 4.39 Å². The third-order valence-corrected chi connectivity index (χ3v) is 7.22. The van der Waals surface area contributed by atoms with Crippen LogP contribution in [0.3, 0.4) is 0 Å². The first-order valence-corrected chi connectivity index (χ1v) is 12.1. The molecule has 2 fully saturated rings. The normalized spacial score (nSPS) is 23.1. The highest BCUT2D eigenvalue weighted by molar-refractivity contribution is 6.05. The molecule has 0 radical (unpaired) electrons. The van der Waals surface area contributed by atoms with Gasteiger partial charge in [0, 0.05) is 37.4 Å². The summed E-state index contributed by atoms with van der Waals surface area (Å²) in [5, 5.41) is 0. The van der Waals surface area contributed by atoms with Gasteiger partial charge in [-0.15, -0.1) is 0 Å². The summed E-state index contributed by atoms with van der Waals surface area (Å²) in [6.07, 6.45) is 5.85. The summed E-state index contributed by atoms with van der Waals surface area (Å²) in [7, 11) is 5.80. The lowest BCUT2D eigenvalue weighted by Gasteiger charge is -2.27. The quantitative estimate of drug-likeness (QED) is 0.602. The van der Waals surface area contributed by atoms with Crippen LogP contribution in [0.15, 0.2) is 42.5 Å². The molecule has 4 rings (SSSR count). The van der Waals surface area contributed by atoms with Gasteiger partial charge in [-0.2, -0.15) is 0 Å². The van der Waals surface area contributed by atoms with Crippen molar-refractivity contribution in [1.82, 2.24) is 4.90 Å². The van der Waals surface area contributed by atoms with Gasteiger partial charge in [-0.3, -0.25) is 4.79 Å². The Hall–Kier alpha value is -2.60. The van der Waals surface area contributed by atoms with Crippen molar-refractivity contribution >= 4 is 17.3 Å². The van der Waals surface area contributed by atoms with Crippen molar-refractivity contribution in [3.63, 3.8) is 0 Å². The van der Waals surface area contributed by atoms with Crippen LogP contribution in [0, 0.1) is 11.7 Å². The molecule has 33 heavy (non-hydrogen) atoms. The van der Waals surface area contributed by atoms with E-state index in [2.05, 4.69) is 30.8 Å². The average Bonchev–Trinajstić information content (AvgIpc) is 3.30. The number of likely N-dealkylation sites (N-methyl/N-ethyl adjacent to an activating group) is 1. The molecule has 1 saturated carbocycles. The molecule has 1 amide bonds. The molecular weight excluding hydrogens is 417 g/mol. The Balaban J connectivity index is 1.39. The van der Waals surface area contributed by atoms with Crippen LogP contribution in [0.2, 0.25) is 0 Å². The minimum atomic E-state index is -0.294. The van der Waals surface area contributed by atoms with Gasteiger partial charge in [0.15, 0.2) is 0 Å². The van der Waals surface area contributed by atoms with Gasteiger partial charge < -0.3 is 19.4 Å². The van der Waals surface area contributed by atoms with Crippen LogP contribution in [-0.2, 0) is 0 Å². The molecule has 2 aromatic rings. The molecule has 1 aliphatic carbocycles. The van der Waals surface area contributed by atoms with Crippen LogP contribution >= 0.6 is 0 Å². The fraction of sp³-hybridized carbons (Fsp3) is 0.519. The lowest BCUT2D eigenvalue weighted by atomic mass is 9.89. The molecule has 0 spiro atoms. The molecule has 1 heterocycles. The number of benzene rings is 2. The molecule has 1 saturated heterocycles. The zero-order valence-electron chi connectivity index (χ0n) is 20.3. The van der Waals surface area contributed by atoms with Crippen LogP contribution in [0.25, 0.3) is 0 Å². The van der Waals surface area contributed by atoms with E-state index < -0.39 is 0 Å². The molecule has 0 aromatic heterocycles. The minimum Gasteiger partial charge on any atom is -0.490 e. The van der Waals surface area contributed by atoms with Crippen LogP contribution in [0.5, 0.6) is 5.75 Å². The Morgan fingerprint density at radius 2 is 1.70 bits per heavy atom. The number of rotatable bonds is 6. The number of carbonyl (C=O) groups excluding carboxylic acids is 1. The van der Waals surface area contributed by atoms with Crippen LogP contribution in [0.4, 0.5) is 15.8 Å². The number of hydrogen-bond donors (Lipinski definition) is 0. The third-order valence-electron chi connectivity index (χ3n) is 7.22. The monoisotopic (exact) mass is 453 g/mol. The molecule has 0 bridgehead atoms. The Kier molecular flexibility index (Phi) is 7.23. The van der Waals surface area contributed by atoms with E-state index in [0.29, 0.717) is 23.0 Å². The Bertz CT molecular complexity index is 954. The zero-order valence-corrected chi connectivity index (χ0v) is 20.3. The molecule has 1 atom stereocenters.